The van der Waals surface area contributed by atoms with Gasteiger partial charge in [-0.1, -0.05) is 24.3 Å². The molecule has 0 saturated carbocycles. The maximum atomic E-state index is 15.8. The molecule has 0 radical (unpaired) electrons. The number of alkyl halides is 2. The van der Waals surface area contributed by atoms with Crippen molar-refractivity contribution in [3.05, 3.63) is 65.0 Å². The Kier molecular flexibility index (Phi) is 3.65. The van der Waals surface area contributed by atoms with Crippen molar-refractivity contribution >= 4 is 6.02 Å². The first-order chi connectivity index (χ1) is 12.5. The molecule has 4 rings (SSSR count). The number of nitrogens with two attached hydrogens (primary N) is 1. The van der Waals surface area contributed by atoms with Crippen LogP contribution in [0.5, 0.6) is 0 Å². The molecule has 5 nitrogen and oxygen atoms in total. The van der Waals surface area contributed by atoms with E-state index in [0.717, 1.165) is 5.56 Å². The molecule has 1 spiro atoms. The topological polar surface area (TPSA) is 84.3 Å². The Labute approximate surface area is 149 Å². The lowest BCUT2D eigenvalue weighted by Crippen LogP contribution is -2.55. The highest BCUT2D eigenvalue weighted by Gasteiger charge is 2.65. The number of nitriles is 1. The van der Waals surface area contributed by atoms with Crippen molar-refractivity contribution in [2.45, 2.75) is 36.8 Å². The Morgan fingerprint density at radius 1 is 1.23 bits per heavy atom. The highest BCUT2D eigenvalue weighted by atomic mass is 19.3. The predicted molar refractivity (Wildman–Crippen MR) is 90.4 cm³/mol. The Bertz CT molecular complexity index is 937. The largest absolute Gasteiger partial charge is 0.449 e. The van der Waals surface area contributed by atoms with Crippen molar-refractivity contribution in [3.63, 3.8) is 0 Å². The van der Waals surface area contributed by atoms with Crippen LogP contribution in [0.25, 0.3) is 0 Å². The SMILES string of the molecule is N#Cc1cccnc1C1OC(N)=N[C@@]2(CCCc3ccccc32)C1(F)F. The third kappa shape index (κ3) is 2.18. The summed E-state index contributed by atoms with van der Waals surface area (Å²) >= 11 is 0. The van der Waals surface area contributed by atoms with Gasteiger partial charge < -0.3 is 10.5 Å². The van der Waals surface area contributed by atoms with Crippen molar-refractivity contribution in [2.24, 2.45) is 10.7 Å². The molecule has 1 aliphatic heterocycles. The molecule has 26 heavy (non-hydrogen) atoms. The zero-order valence-electron chi connectivity index (χ0n) is 13.8. The second kappa shape index (κ2) is 5.77. The summed E-state index contributed by atoms with van der Waals surface area (Å²) < 4.78 is 36.9. The molecule has 0 amide bonds. The summed E-state index contributed by atoms with van der Waals surface area (Å²) in [5.74, 6) is -3.42. The maximum Gasteiger partial charge on any atom is 0.318 e. The fourth-order valence-corrected chi connectivity index (χ4v) is 3.92. The number of benzene rings is 1. The average Bonchev–Trinajstić information content (AvgIpc) is 2.65. The van der Waals surface area contributed by atoms with E-state index in [1.54, 1.807) is 12.1 Å². The monoisotopic (exact) mass is 354 g/mol. The number of pyridine rings is 1. The van der Waals surface area contributed by atoms with E-state index in [1.165, 1.54) is 18.3 Å². The van der Waals surface area contributed by atoms with Gasteiger partial charge in [0.05, 0.1) is 5.56 Å². The standard InChI is InChI=1S/C19H16F2N4O/c20-19(21)16(15-13(11-22)7-4-10-24-15)26-17(23)25-18(19)9-3-6-12-5-1-2-8-14(12)18/h1-2,4-5,7-8,10,16H,3,6,9H2,(H2,23,25)/t16?,18-/m1/s1. The molecule has 132 valence electrons. The van der Waals surface area contributed by atoms with E-state index >= 15 is 8.78 Å². The number of ether oxygens (including phenoxy) is 1. The molecule has 2 N–H and O–H groups in total. The van der Waals surface area contributed by atoms with Crippen LogP contribution in [0.1, 0.15) is 41.3 Å². The summed E-state index contributed by atoms with van der Waals surface area (Å²) in [7, 11) is 0. The summed E-state index contributed by atoms with van der Waals surface area (Å²) in [5, 5.41) is 9.29. The van der Waals surface area contributed by atoms with Gasteiger partial charge >= 0.3 is 5.92 Å². The van der Waals surface area contributed by atoms with Gasteiger partial charge in [0.15, 0.2) is 5.54 Å². The van der Waals surface area contributed by atoms with Gasteiger partial charge in [0.25, 0.3) is 6.02 Å². The van der Waals surface area contributed by atoms with E-state index in [4.69, 9.17) is 10.5 Å². The minimum absolute atomic E-state index is 0.0334. The highest BCUT2D eigenvalue weighted by molar-refractivity contribution is 5.74. The number of hydrogen-bond acceptors (Lipinski definition) is 5. The van der Waals surface area contributed by atoms with Crippen LogP contribution in [0.15, 0.2) is 47.6 Å². The summed E-state index contributed by atoms with van der Waals surface area (Å²) in [6, 6.07) is 11.6. The number of amidine groups is 1. The third-order valence-corrected chi connectivity index (χ3v) is 5.08. The summed E-state index contributed by atoms with van der Waals surface area (Å²) in [6.45, 7) is 0. The molecule has 7 heteroatoms. The molecule has 1 aromatic heterocycles. The molecule has 2 aliphatic rings. The van der Waals surface area contributed by atoms with Gasteiger partial charge in [-0.05, 0) is 42.5 Å². The van der Waals surface area contributed by atoms with Crippen LogP contribution in [0.4, 0.5) is 8.78 Å². The Morgan fingerprint density at radius 3 is 2.85 bits per heavy atom. The second-order valence-corrected chi connectivity index (χ2v) is 6.49. The van der Waals surface area contributed by atoms with Crippen LogP contribution in [-0.4, -0.2) is 16.9 Å². The lowest BCUT2D eigenvalue weighted by molar-refractivity contribution is -0.176. The number of fused-ring (bicyclic) bond motifs is 2. The average molecular weight is 354 g/mol. The lowest BCUT2D eigenvalue weighted by atomic mass is 9.70. The van der Waals surface area contributed by atoms with Gasteiger partial charge in [0, 0.05) is 6.20 Å². The Morgan fingerprint density at radius 2 is 2.04 bits per heavy atom. The second-order valence-electron chi connectivity index (χ2n) is 6.49. The number of aromatic nitrogens is 1. The number of rotatable bonds is 1. The number of aliphatic imine (C=N–C) groups is 1. The minimum Gasteiger partial charge on any atom is -0.449 e. The van der Waals surface area contributed by atoms with Gasteiger partial charge in [-0.3, -0.25) is 4.98 Å². The first kappa shape index (κ1) is 16.5. The Balaban J connectivity index is 1.94. The summed E-state index contributed by atoms with van der Waals surface area (Å²) in [5.41, 5.74) is 5.20. The van der Waals surface area contributed by atoms with Gasteiger partial charge in [-0.2, -0.15) is 14.0 Å². The van der Waals surface area contributed by atoms with E-state index in [9.17, 15) is 5.26 Å². The zero-order chi connectivity index (χ0) is 18.4. The lowest BCUT2D eigenvalue weighted by Gasteiger charge is -2.46. The van der Waals surface area contributed by atoms with Crippen molar-refractivity contribution in [1.82, 2.24) is 4.98 Å². The van der Waals surface area contributed by atoms with Crippen molar-refractivity contribution < 1.29 is 13.5 Å². The molecule has 2 aromatic rings. The van der Waals surface area contributed by atoms with E-state index in [2.05, 4.69) is 9.98 Å². The fourth-order valence-electron chi connectivity index (χ4n) is 3.92. The van der Waals surface area contributed by atoms with Crippen LogP contribution in [0, 0.1) is 11.3 Å². The molecule has 0 bridgehead atoms. The third-order valence-electron chi connectivity index (χ3n) is 5.08. The minimum atomic E-state index is -3.42. The highest BCUT2D eigenvalue weighted by Crippen LogP contribution is 2.56. The molecule has 2 atom stereocenters. The predicted octanol–water partition coefficient (Wildman–Crippen LogP) is 3.21. The molecular weight excluding hydrogens is 338 g/mol. The summed E-state index contributed by atoms with van der Waals surface area (Å²) in [6.07, 6.45) is 0.999. The molecule has 0 fully saturated rings. The van der Waals surface area contributed by atoms with Crippen LogP contribution in [0.3, 0.4) is 0 Å². The van der Waals surface area contributed by atoms with Gasteiger partial charge in [0.2, 0.25) is 6.10 Å². The van der Waals surface area contributed by atoms with E-state index in [1.807, 2.05) is 18.2 Å². The van der Waals surface area contributed by atoms with E-state index < -0.39 is 17.6 Å². The normalized spacial score (nSPS) is 26.3. The molecular formula is C19H16F2N4O. The van der Waals surface area contributed by atoms with E-state index in [-0.39, 0.29) is 23.7 Å². The number of hydrogen-bond donors (Lipinski definition) is 1. The number of aryl methyl sites for hydroxylation is 1. The first-order valence-corrected chi connectivity index (χ1v) is 8.33. The molecule has 2 heterocycles. The van der Waals surface area contributed by atoms with Gasteiger partial charge in [0.1, 0.15) is 11.8 Å². The van der Waals surface area contributed by atoms with E-state index in [0.29, 0.717) is 18.4 Å². The van der Waals surface area contributed by atoms with Crippen molar-refractivity contribution in [3.8, 4) is 6.07 Å². The van der Waals surface area contributed by atoms with Gasteiger partial charge in [-0.25, -0.2) is 4.99 Å². The van der Waals surface area contributed by atoms with Crippen LogP contribution < -0.4 is 5.73 Å². The molecule has 0 saturated heterocycles. The zero-order valence-corrected chi connectivity index (χ0v) is 13.8. The smallest absolute Gasteiger partial charge is 0.318 e. The molecule has 1 aromatic carbocycles. The van der Waals surface area contributed by atoms with Crippen LogP contribution >= 0.6 is 0 Å². The van der Waals surface area contributed by atoms with Crippen molar-refractivity contribution in [2.75, 3.05) is 0 Å². The van der Waals surface area contributed by atoms with Crippen LogP contribution in [-0.2, 0) is 16.7 Å². The molecule has 1 aliphatic carbocycles. The Hall–Kier alpha value is -3.01. The van der Waals surface area contributed by atoms with Crippen molar-refractivity contribution in [1.29, 1.82) is 5.26 Å². The maximum absolute atomic E-state index is 15.8. The quantitative estimate of drug-likeness (QED) is 0.852. The van der Waals surface area contributed by atoms with Gasteiger partial charge in [-0.15, -0.1) is 0 Å². The first-order valence-electron chi connectivity index (χ1n) is 8.33. The number of halogens is 2. The summed E-state index contributed by atoms with van der Waals surface area (Å²) in [4.78, 5) is 8.11. The molecule has 1 unspecified atom stereocenters. The number of nitrogens with zero attached hydrogens (tertiary/aromatic N) is 3. The fraction of sp³-hybridized carbons (Fsp3) is 0.316. The van der Waals surface area contributed by atoms with Crippen LogP contribution in [0.2, 0.25) is 0 Å².